The standard InChI is InChI=1S/C24H24F4N4O3/c1-3-35-20-7-16(11-31-23(20)34)14-4-5-15(19(25)6-14)8-21(33)32-17-9-18(24(26,27)28)22(30-12-17)13(2)10-29/h4-6,9,12-13,16,20H,3,7-8,11H2,1-2H3,(H,31,34)(H,32,33). The van der Waals surface area contributed by atoms with Crippen LogP contribution in [0.3, 0.4) is 0 Å². The van der Waals surface area contributed by atoms with Crippen LogP contribution in [0.25, 0.3) is 0 Å². The van der Waals surface area contributed by atoms with Gasteiger partial charge in [0.25, 0.3) is 0 Å². The van der Waals surface area contributed by atoms with Crippen molar-refractivity contribution >= 4 is 17.5 Å². The molecule has 1 aromatic heterocycles. The van der Waals surface area contributed by atoms with Gasteiger partial charge >= 0.3 is 6.18 Å². The number of hydrogen-bond acceptors (Lipinski definition) is 5. The highest BCUT2D eigenvalue weighted by Gasteiger charge is 2.36. The van der Waals surface area contributed by atoms with E-state index in [2.05, 4.69) is 15.6 Å². The molecule has 186 valence electrons. The van der Waals surface area contributed by atoms with Crippen LogP contribution in [0, 0.1) is 17.1 Å². The van der Waals surface area contributed by atoms with Crippen LogP contribution in [-0.4, -0.2) is 36.1 Å². The van der Waals surface area contributed by atoms with Gasteiger partial charge in [-0.1, -0.05) is 12.1 Å². The van der Waals surface area contributed by atoms with Crippen LogP contribution in [-0.2, 0) is 26.9 Å². The third kappa shape index (κ3) is 6.33. The summed E-state index contributed by atoms with van der Waals surface area (Å²) in [5, 5.41) is 14.0. The van der Waals surface area contributed by atoms with Crippen LogP contribution in [0.2, 0.25) is 0 Å². The van der Waals surface area contributed by atoms with E-state index in [9.17, 15) is 27.2 Å². The zero-order valence-corrected chi connectivity index (χ0v) is 19.1. The maximum atomic E-state index is 14.7. The van der Waals surface area contributed by atoms with Gasteiger partial charge in [-0.15, -0.1) is 0 Å². The molecule has 2 N–H and O–H groups in total. The molecule has 35 heavy (non-hydrogen) atoms. The van der Waals surface area contributed by atoms with Crippen molar-refractivity contribution in [2.24, 2.45) is 0 Å². The molecule has 0 spiro atoms. The number of nitriles is 1. The molecule has 2 aromatic rings. The van der Waals surface area contributed by atoms with E-state index in [0.717, 1.165) is 6.20 Å². The van der Waals surface area contributed by atoms with E-state index in [4.69, 9.17) is 10.00 Å². The molecule has 7 nitrogen and oxygen atoms in total. The lowest BCUT2D eigenvalue weighted by Gasteiger charge is -2.29. The first-order valence-corrected chi connectivity index (χ1v) is 11.0. The molecule has 2 heterocycles. The Morgan fingerprint density at radius 3 is 2.74 bits per heavy atom. The number of pyridine rings is 1. The Bertz CT molecular complexity index is 1150. The summed E-state index contributed by atoms with van der Waals surface area (Å²) in [6.07, 6.45) is -4.37. The Morgan fingerprint density at radius 1 is 1.37 bits per heavy atom. The van der Waals surface area contributed by atoms with Gasteiger partial charge in [0, 0.05) is 19.1 Å². The van der Waals surface area contributed by atoms with Crippen molar-refractivity contribution in [3.8, 4) is 6.07 Å². The number of ether oxygens (including phenoxy) is 1. The molecule has 0 saturated carbocycles. The molecule has 1 aliphatic rings. The lowest BCUT2D eigenvalue weighted by atomic mass is 9.89. The maximum absolute atomic E-state index is 14.7. The zero-order chi connectivity index (χ0) is 25.8. The number of hydrogen-bond donors (Lipinski definition) is 2. The number of anilines is 1. The average Bonchev–Trinajstić information content (AvgIpc) is 2.81. The Balaban J connectivity index is 1.71. The monoisotopic (exact) mass is 492 g/mol. The number of rotatable bonds is 7. The number of alkyl halides is 3. The number of benzene rings is 1. The van der Waals surface area contributed by atoms with Crippen molar-refractivity contribution in [2.45, 2.75) is 50.8 Å². The third-order valence-electron chi connectivity index (χ3n) is 5.69. The summed E-state index contributed by atoms with van der Waals surface area (Å²) in [5.74, 6) is -2.84. The van der Waals surface area contributed by atoms with Gasteiger partial charge in [-0.25, -0.2) is 4.39 Å². The van der Waals surface area contributed by atoms with Gasteiger partial charge in [0.1, 0.15) is 11.9 Å². The van der Waals surface area contributed by atoms with Crippen LogP contribution in [0.15, 0.2) is 30.5 Å². The minimum absolute atomic E-state index is 0.0613. The smallest absolute Gasteiger partial charge is 0.369 e. The van der Waals surface area contributed by atoms with Gasteiger partial charge in [-0.3, -0.25) is 14.6 Å². The van der Waals surface area contributed by atoms with Crippen molar-refractivity contribution in [3.05, 3.63) is 58.7 Å². The fraction of sp³-hybridized carbons (Fsp3) is 0.417. The lowest BCUT2D eigenvalue weighted by molar-refractivity contribution is -0.138. The molecule has 2 amide bonds. The van der Waals surface area contributed by atoms with Gasteiger partial charge in [-0.05, 0) is 43.5 Å². The minimum Gasteiger partial charge on any atom is -0.369 e. The molecule has 1 fully saturated rings. The number of halogens is 4. The van der Waals surface area contributed by atoms with E-state index in [1.54, 1.807) is 19.1 Å². The predicted molar refractivity (Wildman–Crippen MR) is 118 cm³/mol. The van der Waals surface area contributed by atoms with Crippen molar-refractivity contribution in [1.29, 1.82) is 5.26 Å². The molecule has 11 heteroatoms. The molecule has 1 saturated heterocycles. The number of nitrogens with one attached hydrogen (secondary N) is 2. The summed E-state index contributed by atoms with van der Waals surface area (Å²) in [6, 6.07) is 6.80. The van der Waals surface area contributed by atoms with Crippen molar-refractivity contribution < 1.29 is 31.9 Å². The van der Waals surface area contributed by atoms with Crippen molar-refractivity contribution in [2.75, 3.05) is 18.5 Å². The molecule has 0 bridgehead atoms. The van der Waals surface area contributed by atoms with Gasteiger partial charge in [-0.2, -0.15) is 18.4 Å². The Kier molecular flexibility index (Phi) is 8.07. The first kappa shape index (κ1) is 26.1. The van der Waals surface area contributed by atoms with E-state index < -0.39 is 47.6 Å². The summed E-state index contributed by atoms with van der Waals surface area (Å²) in [6.45, 7) is 3.77. The molecular formula is C24H24F4N4O3. The number of amides is 2. The minimum atomic E-state index is -4.77. The lowest BCUT2D eigenvalue weighted by Crippen LogP contribution is -2.45. The molecule has 0 aliphatic carbocycles. The number of aromatic nitrogens is 1. The number of carbonyl (C=O) groups is 2. The molecule has 3 atom stereocenters. The molecule has 3 unspecified atom stereocenters. The van der Waals surface area contributed by atoms with Crippen molar-refractivity contribution in [1.82, 2.24) is 10.3 Å². The molecular weight excluding hydrogens is 468 g/mol. The maximum Gasteiger partial charge on any atom is 0.418 e. The van der Waals surface area contributed by atoms with Crippen molar-refractivity contribution in [3.63, 3.8) is 0 Å². The second kappa shape index (κ2) is 10.8. The SMILES string of the molecule is CCOC1CC(c2ccc(CC(=O)Nc3cnc(C(C)C#N)c(C(F)(F)F)c3)c(F)c2)CNC1=O. The summed E-state index contributed by atoms with van der Waals surface area (Å²) < 4.78 is 60.4. The second-order valence-corrected chi connectivity index (χ2v) is 8.20. The number of piperidine rings is 1. The highest BCUT2D eigenvalue weighted by atomic mass is 19.4. The number of nitrogens with zero attached hydrogens (tertiary/aromatic N) is 2. The largest absolute Gasteiger partial charge is 0.418 e. The zero-order valence-electron chi connectivity index (χ0n) is 19.1. The third-order valence-corrected chi connectivity index (χ3v) is 5.69. The van der Waals surface area contributed by atoms with Crippen LogP contribution in [0.1, 0.15) is 54.5 Å². The molecule has 0 radical (unpaired) electrons. The van der Waals surface area contributed by atoms with E-state index >= 15 is 0 Å². The average molecular weight is 492 g/mol. The first-order valence-electron chi connectivity index (χ1n) is 11.0. The highest BCUT2D eigenvalue weighted by Crippen LogP contribution is 2.35. The normalized spacial score (nSPS) is 18.9. The highest BCUT2D eigenvalue weighted by molar-refractivity contribution is 5.92. The van der Waals surface area contributed by atoms with Gasteiger partial charge in [0.05, 0.1) is 41.5 Å². The number of carbonyl (C=O) groups excluding carboxylic acids is 2. The van der Waals surface area contributed by atoms with E-state index in [0.29, 0.717) is 31.2 Å². The Morgan fingerprint density at radius 2 is 2.11 bits per heavy atom. The summed E-state index contributed by atoms with van der Waals surface area (Å²) in [7, 11) is 0. The van der Waals surface area contributed by atoms with Crippen LogP contribution >= 0.6 is 0 Å². The van der Waals surface area contributed by atoms with Crippen LogP contribution in [0.5, 0.6) is 0 Å². The van der Waals surface area contributed by atoms with Gasteiger partial charge < -0.3 is 15.4 Å². The summed E-state index contributed by atoms with van der Waals surface area (Å²) in [5.41, 5.74) is -1.08. The van der Waals surface area contributed by atoms with Crippen LogP contribution in [0.4, 0.5) is 23.2 Å². The molecule has 1 aliphatic heterocycles. The van der Waals surface area contributed by atoms with Gasteiger partial charge in [0.15, 0.2) is 0 Å². The quantitative estimate of drug-likeness (QED) is 0.568. The topological polar surface area (TPSA) is 104 Å². The summed E-state index contributed by atoms with van der Waals surface area (Å²) in [4.78, 5) is 28.0. The summed E-state index contributed by atoms with van der Waals surface area (Å²) >= 11 is 0. The van der Waals surface area contributed by atoms with Gasteiger partial charge in [0.2, 0.25) is 11.8 Å². The predicted octanol–water partition coefficient (Wildman–Crippen LogP) is 4.06. The van der Waals surface area contributed by atoms with Crippen LogP contribution < -0.4 is 10.6 Å². The Labute approximate surface area is 199 Å². The second-order valence-electron chi connectivity index (χ2n) is 8.20. The van der Waals surface area contributed by atoms with E-state index in [1.165, 1.54) is 19.1 Å². The molecule has 1 aromatic carbocycles. The van der Waals surface area contributed by atoms with E-state index in [1.807, 2.05) is 0 Å². The first-order chi connectivity index (χ1) is 16.5. The fourth-order valence-corrected chi connectivity index (χ4v) is 3.90. The van der Waals surface area contributed by atoms with E-state index in [-0.39, 0.29) is 23.1 Å². The Hall–Kier alpha value is -3.52. The fourth-order valence-electron chi connectivity index (χ4n) is 3.90. The molecule has 3 rings (SSSR count).